The molecular weight excluding hydrogens is 350 g/mol. The number of aryl methyl sites for hydroxylation is 2. The van der Waals surface area contributed by atoms with Gasteiger partial charge in [-0.15, -0.1) is 11.3 Å². The molecule has 2 nitrogen and oxygen atoms in total. The van der Waals surface area contributed by atoms with Crippen LogP contribution in [0.2, 0.25) is 0 Å². The Morgan fingerprint density at radius 1 is 1.04 bits per heavy atom. The lowest BCUT2D eigenvalue weighted by atomic mass is 10.0. The van der Waals surface area contributed by atoms with Gasteiger partial charge in [0.1, 0.15) is 0 Å². The minimum absolute atomic E-state index is 0.815. The van der Waals surface area contributed by atoms with Crippen LogP contribution in [0.3, 0.4) is 0 Å². The summed E-state index contributed by atoms with van der Waals surface area (Å²) in [5, 5.41) is 0. The summed E-state index contributed by atoms with van der Waals surface area (Å²) in [5.41, 5.74) is 2.67. The molecule has 0 N–H and O–H groups in total. The standard InChI is InChI=1S/C13H14S.C7H15NO.2C2H6/c1-3-12-7-8-13(14-12)11-6-4-5-10(2)9-11;1-3-9-6-7-4-8(2)5-7;2*1-2/h4-9H,3H2,1-2H3;7H,3-6H2,1-2H3;2*1-2H3. The van der Waals surface area contributed by atoms with E-state index in [-0.39, 0.29) is 0 Å². The van der Waals surface area contributed by atoms with Gasteiger partial charge in [-0.1, -0.05) is 64.4 Å². The number of benzene rings is 1. The molecule has 0 radical (unpaired) electrons. The van der Waals surface area contributed by atoms with Crippen molar-refractivity contribution in [1.82, 2.24) is 4.90 Å². The van der Waals surface area contributed by atoms with Crippen molar-refractivity contribution in [1.29, 1.82) is 0 Å². The third-order valence-electron chi connectivity index (χ3n) is 4.01. The molecule has 154 valence electrons. The van der Waals surface area contributed by atoms with Gasteiger partial charge in [-0.05, 0) is 45.0 Å². The first-order valence-corrected chi connectivity index (χ1v) is 11.4. The Balaban J connectivity index is 0.000000451. The van der Waals surface area contributed by atoms with Gasteiger partial charge in [-0.3, -0.25) is 0 Å². The Kier molecular flexibility index (Phi) is 15.2. The topological polar surface area (TPSA) is 12.5 Å². The van der Waals surface area contributed by atoms with Crippen LogP contribution in [0.4, 0.5) is 0 Å². The highest BCUT2D eigenvalue weighted by molar-refractivity contribution is 7.15. The van der Waals surface area contributed by atoms with Gasteiger partial charge in [0.05, 0.1) is 6.61 Å². The van der Waals surface area contributed by atoms with Crippen LogP contribution in [0.25, 0.3) is 10.4 Å². The van der Waals surface area contributed by atoms with Crippen molar-refractivity contribution in [2.75, 3.05) is 33.4 Å². The van der Waals surface area contributed by atoms with Crippen LogP contribution in [0.5, 0.6) is 0 Å². The summed E-state index contributed by atoms with van der Waals surface area (Å²) in [7, 11) is 2.14. The molecule has 1 aliphatic rings. The largest absolute Gasteiger partial charge is 0.381 e. The smallest absolute Gasteiger partial charge is 0.0518 e. The van der Waals surface area contributed by atoms with Crippen molar-refractivity contribution in [3.63, 3.8) is 0 Å². The summed E-state index contributed by atoms with van der Waals surface area (Å²) in [4.78, 5) is 5.15. The summed E-state index contributed by atoms with van der Waals surface area (Å²) in [6, 6.07) is 13.1. The van der Waals surface area contributed by atoms with E-state index in [1.54, 1.807) is 0 Å². The van der Waals surface area contributed by atoms with Crippen LogP contribution in [0, 0.1) is 12.8 Å². The van der Waals surface area contributed by atoms with Gasteiger partial charge in [-0.2, -0.15) is 0 Å². The van der Waals surface area contributed by atoms with Gasteiger partial charge in [0, 0.05) is 35.4 Å². The molecule has 1 aromatic carbocycles. The quantitative estimate of drug-likeness (QED) is 0.548. The van der Waals surface area contributed by atoms with E-state index < -0.39 is 0 Å². The normalized spacial score (nSPS) is 13.2. The fourth-order valence-corrected chi connectivity index (χ4v) is 3.68. The lowest BCUT2D eigenvalue weighted by Crippen LogP contribution is -2.45. The van der Waals surface area contributed by atoms with Gasteiger partial charge in [0.25, 0.3) is 0 Å². The molecule has 1 fully saturated rings. The highest BCUT2D eigenvalue weighted by Gasteiger charge is 2.22. The Bertz CT molecular complexity index is 588. The number of rotatable bonds is 5. The Hall–Kier alpha value is -1.16. The maximum Gasteiger partial charge on any atom is 0.0518 e. The van der Waals surface area contributed by atoms with Crippen LogP contribution in [-0.2, 0) is 11.2 Å². The summed E-state index contributed by atoms with van der Waals surface area (Å²) in [6.07, 6.45) is 1.14. The predicted octanol–water partition coefficient (Wildman–Crippen LogP) is 6.92. The van der Waals surface area contributed by atoms with Crippen molar-refractivity contribution in [3.8, 4) is 10.4 Å². The van der Waals surface area contributed by atoms with Gasteiger partial charge >= 0.3 is 0 Å². The summed E-state index contributed by atoms with van der Waals surface area (Å²) in [5.74, 6) is 0.815. The highest BCUT2D eigenvalue weighted by atomic mass is 32.1. The zero-order valence-corrected chi connectivity index (χ0v) is 19.7. The van der Waals surface area contributed by atoms with E-state index in [2.05, 4.69) is 62.2 Å². The minimum atomic E-state index is 0.815. The van der Waals surface area contributed by atoms with Gasteiger partial charge in [0.2, 0.25) is 0 Å². The molecule has 27 heavy (non-hydrogen) atoms. The van der Waals surface area contributed by atoms with Crippen LogP contribution >= 0.6 is 11.3 Å². The number of thiophene rings is 1. The zero-order valence-electron chi connectivity index (χ0n) is 18.8. The van der Waals surface area contributed by atoms with Crippen molar-refractivity contribution >= 4 is 11.3 Å². The maximum atomic E-state index is 5.26. The predicted molar refractivity (Wildman–Crippen MR) is 124 cm³/mol. The van der Waals surface area contributed by atoms with Crippen molar-refractivity contribution in [2.45, 2.75) is 54.9 Å². The first kappa shape index (κ1) is 25.8. The average Bonchev–Trinajstić information content (AvgIpc) is 3.17. The fraction of sp³-hybridized carbons (Fsp3) is 0.583. The second-order valence-corrected chi connectivity index (χ2v) is 7.40. The highest BCUT2D eigenvalue weighted by Crippen LogP contribution is 2.28. The monoisotopic (exact) mass is 391 g/mol. The Morgan fingerprint density at radius 3 is 2.19 bits per heavy atom. The third-order valence-corrected chi connectivity index (χ3v) is 5.29. The number of hydrogen-bond donors (Lipinski definition) is 0. The van der Waals surface area contributed by atoms with Crippen LogP contribution < -0.4 is 0 Å². The molecule has 0 spiro atoms. The van der Waals surface area contributed by atoms with Gasteiger partial charge in [0.15, 0.2) is 0 Å². The van der Waals surface area contributed by atoms with E-state index in [1.165, 1.54) is 34.0 Å². The second kappa shape index (κ2) is 15.9. The zero-order chi connectivity index (χ0) is 20.7. The molecule has 0 atom stereocenters. The second-order valence-electron chi connectivity index (χ2n) is 6.24. The molecule has 0 amide bonds. The first-order valence-electron chi connectivity index (χ1n) is 10.5. The molecule has 0 saturated carbocycles. The fourth-order valence-electron chi connectivity index (χ4n) is 2.74. The molecule has 2 heterocycles. The molecule has 1 aromatic heterocycles. The van der Waals surface area contributed by atoms with Crippen LogP contribution in [0.15, 0.2) is 36.4 Å². The summed E-state index contributed by atoms with van der Waals surface area (Å²) < 4.78 is 5.26. The van der Waals surface area contributed by atoms with E-state index in [9.17, 15) is 0 Å². The third kappa shape index (κ3) is 10.1. The molecule has 1 saturated heterocycles. The maximum absolute atomic E-state index is 5.26. The number of nitrogens with zero attached hydrogens (tertiary/aromatic N) is 1. The molecule has 3 heteroatoms. The molecular formula is C24H41NOS. The van der Waals surface area contributed by atoms with E-state index in [1.807, 2.05) is 46.0 Å². The molecule has 0 unspecified atom stereocenters. The number of likely N-dealkylation sites (tertiary alicyclic amines) is 1. The number of hydrogen-bond acceptors (Lipinski definition) is 3. The molecule has 0 bridgehead atoms. The minimum Gasteiger partial charge on any atom is -0.381 e. The lowest BCUT2D eigenvalue weighted by molar-refractivity contribution is 0.0329. The van der Waals surface area contributed by atoms with E-state index in [4.69, 9.17) is 4.74 Å². The number of ether oxygens (including phenoxy) is 1. The summed E-state index contributed by atoms with van der Waals surface area (Å²) >= 11 is 1.89. The van der Waals surface area contributed by atoms with Crippen molar-refractivity contribution < 1.29 is 4.74 Å². The van der Waals surface area contributed by atoms with Crippen LogP contribution in [-0.4, -0.2) is 38.3 Å². The Labute approximate surface area is 172 Å². The molecule has 0 aliphatic carbocycles. The van der Waals surface area contributed by atoms with Crippen LogP contribution in [0.1, 0.15) is 52.0 Å². The van der Waals surface area contributed by atoms with E-state index in [0.717, 1.165) is 25.6 Å². The van der Waals surface area contributed by atoms with Gasteiger partial charge in [-0.25, -0.2) is 0 Å². The van der Waals surface area contributed by atoms with Crippen molar-refractivity contribution in [2.24, 2.45) is 5.92 Å². The SMILES string of the molecule is CC.CC.CCOCC1CN(C)C1.CCc1ccc(-c2cccc(C)c2)s1. The van der Waals surface area contributed by atoms with Crippen molar-refractivity contribution in [3.05, 3.63) is 46.8 Å². The average molecular weight is 392 g/mol. The van der Waals surface area contributed by atoms with E-state index >= 15 is 0 Å². The Morgan fingerprint density at radius 2 is 1.70 bits per heavy atom. The summed E-state index contributed by atoms with van der Waals surface area (Å²) in [6.45, 7) is 18.6. The van der Waals surface area contributed by atoms with Gasteiger partial charge < -0.3 is 9.64 Å². The molecule has 3 rings (SSSR count). The van der Waals surface area contributed by atoms with E-state index in [0.29, 0.717) is 0 Å². The first-order chi connectivity index (χ1) is 13.1. The molecule has 1 aliphatic heterocycles. The lowest BCUT2D eigenvalue weighted by Gasteiger charge is -2.35. The molecule has 2 aromatic rings.